The summed E-state index contributed by atoms with van der Waals surface area (Å²) in [7, 11) is 0. The molecule has 4 rings (SSSR count). The summed E-state index contributed by atoms with van der Waals surface area (Å²) < 4.78 is 45.9. The van der Waals surface area contributed by atoms with Crippen LogP contribution in [0.4, 0.5) is 19.0 Å². The molecule has 3 aromatic heterocycles. The number of nitrogens with one attached hydrogen (secondary N) is 2. The number of hydrogen-bond acceptors (Lipinski definition) is 6. The highest BCUT2D eigenvalue weighted by Gasteiger charge is 2.41. The van der Waals surface area contributed by atoms with Gasteiger partial charge in [0, 0.05) is 35.2 Å². The Balaban J connectivity index is 1.44. The zero-order chi connectivity index (χ0) is 25.7. The molecule has 0 aliphatic heterocycles. The number of hydrogen-bond donors (Lipinski definition) is 3. The predicted octanol–water partition coefficient (Wildman–Crippen LogP) is 3.04. The Morgan fingerprint density at radius 3 is 2.72 bits per heavy atom. The van der Waals surface area contributed by atoms with Crippen molar-refractivity contribution in [3.63, 3.8) is 0 Å². The number of anilines is 1. The van der Waals surface area contributed by atoms with E-state index in [-0.39, 0.29) is 21.9 Å². The Hall–Kier alpha value is -4.19. The van der Waals surface area contributed by atoms with Gasteiger partial charge < -0.3 is 10.6 Å². The average Bonchev–Trinajstić information content (AvgIpc) is 3.40. The van der Waals surface area contributed by atoms with E-state index in [0.29, 0.717) is 5.69 Å². The molecule has 4 aromatic rings. The predicted molar refractivity (Wildman–Crippen MR) is 122 cm³/mol. The highest BCUT2D eigenvalue weighted by molar-refractivity contribution is 6.31. The minimum absolute atomic E-state index is 0.120. The monoisotopic (exact) mass is 518 g/mol. The van der Waals surface area contributed by atoms with Crippen molar-refractivity contribution in [3.05, 3.63) is 95.2 Å². The van der Waals surface area contributed by atoms with Crippen molar-refractivity contribution in [2.45, 2.75) is 18.9 Å². The van der Waals surface area contributed by atoms with Gasteiger partial charge in [0.2, 0.25) is 12.1 Å². The van der Waals surface area contributed by atoms with Gasteiger partial charge in [-0.1, -0.05) is 29.8 Å². The van der Waals surface area contributed by atoms with Gasteiger partial charge in [-0.2, -0.15) is 13.9 Å². The van der Waals surface area contributed by atoms with Gasteiger partial charge in [-0.15, -0.1) is 0 Å². The van der Waals surface area contributed by atoms with E-state index in [9.17, 15) is 18.8 Å². The van der Waals surface area contributed by atoms with Crippen LogP contribution in [0.25, 0.3) is 5.69 Å². The number of alkyl halides is 2. The Morgan fingerprint density at radius 1 is 1.19 bits per heavy atom. The first kappa shape index (κ1) is 24.9. The third-order valence-corrected chi connectivity index (χ3v) is 5.56. The summed E-state index contributed by atoms with van der Waals surface area (Å²) in [5.74, 6) is -5.63. The first-order valence-corrected chi connectivity index (χ1v) is 11.0. The topological polar surface area (TPSA) is 109 Å². The summed E-state index contributed by atoms with van der Waals surface area (Å²) in [6, 6.07) is 10.9. The highest BCUT2D eigenvalue weighted by Crippen LogP contribution is 2.28. The number of halogens is 4. The van der Waals surface area contributed by atoms with E-state index >= 15 is 4.39 Å². The molecule has 1 aromatic carbocycles. The molecule has 13 heteroatoms. The number of carbonyl (C=O) groups is 1. The van der Waals surface area contributed by atoms with Crippen molar-refractivity contribution in [2.75, 3.05) is 11.9 Å². The zero-order valence-corrected chi connectivity index (χ0v) is 19.3. The maximum Gasteiger partial charge on any atom is 0.351 e. The van der Waals surface area contributed by atoms with Gasteiger partial charge in [0.1, 0.15) is 12.7 Å². The summed E-state index contributed by atoms with van der Waals surface area (Å²) >= 11 is 6.05. The van der Waals surface area contributed by atoms with Crippen LogP contribution in [0, 0.1) is 5.82 Å². The van der Waals surface area contributed by atoms with Crippen molar-refractivity contribution in [1.82, 2.24) is 25.1 Å². The summed E-state index contributed by atoms with van der Waals surface area (Å²) in [6.07, 6.45) is 4.57. The van der Waals surface area contributed by atoms with Crippen LogP contribution in [-0.2, 0) is 23.7 Å². The second kappa shape index (κ2) is 10.6. The average molecular weight is 519 g/mol. The minimum atomic E-state index is -3.56. The maximum atomic E-state index is 15.1. The summed E-state index contributed by atoms with van der Waals surface area (Å²) in [4.78, 5) is 20.2. The van der Waals surface area contributed by atoms with Gasteiger partial charge in [0.05, 0.1) is 23.7 Å². The molecule has 3 heterocycles. The normalized spacial score (nSPS) is 11.3. The first-order chi connectivity index (χ1) is 17.3. The lowest BCUT2D eigenvalue weighted by atomic mass is 10.1. The lowest BCUT2D eigenvalue weighted by Crippen LogP contribution is -2.43. The quantitative estimate of drug-likeness (QED) is 0.232. The molecule has 0 spiro atoms. The third kappa shape index (κ3) is 5.54. The summed E-state index contributed by atoms with van der Waals surface area (Å²) in [6.45, 7) is -0.942. The third-order valence-electron chi connectivity index (χ3n) is 5.23. The van der Waals surface area contributed by atoms with Crippen LogP contribution in [0.5, 0.6) is 0 Å². The molecule has 0 saturated heterocycles. The number of aromatic nitrogens is 5. The van der Waals surface area contributed by atoms with Crippen molar-refractivity contribution in [1.29, 1.82) is 0 Å². The van der Waals surface area contributed by atoms with Gasteiger partial charge in [0.15, 0.2) is 11.6 Å². The van der Waals surface area contributed by atoms with E-state index in [1.807, 2.05) is 6.07 Å². The van der Waals surface area contributed by atoms with Crippen LogP contribution >= 0.6 is 11.6 Å². The Bertz CT molecular complexity index is 1370. The fourth-order valence-electron chi connectivity index (χ4n) is 3.43. The molecule has 9 nitrogen and oxygen atoms in total. The first-order valence-electron chi connectivity index (χ1n) is 10.6. The molecule has 186 valence electrons. The number of rotatable bonds is 9. The van der Waals surface area contributed by atoms with E-state index in [0.717, 1.165) is 24.0 Å². The molecule has 1 amide bonds. The fraction of sp³-hybridized carbons (Fsp3) is 0.174. The number of amides is 1. The second-order valence-corrected chi connectivity index (χ2v) is 8.07. The summed E-state index contributed by atoms with van der Waals surface area (Å²) in [5.41, 5.74) is 0.553. The fourth-order valence-corrected chi connectivity index (χ4v) is 3.63. The Kier molecular flexibility index (Phi) is 7.34. The van der Waals surface area contributed by atoms with E-state index in [2.05, 4.69) is 25.7 Å². The van der Waals surface area contributed by atoms with Gasteiger partial charge >= 0.3 is 11.6 Å². The highest BCUT2D eigenvalue weighted by atomic mass is 35.5. The molecule has 0 fully saturated rings. The number of carbonyl (C=O) groups excluding carboxylic acids is 1. The molecule has 0 radical (unpaired) electrons. The minimum Gasteiger partial charge on any atom is -0.361 e. The van der Waals surface area contributed by atoms with Crippen molar-refractivity contribution >= 4 is 23.3 Å². The standard InChI is InChI=1S/C23H19ClF3N7O2/c24-17-11-30-22(31-12-23(26,27)19-7-3-4-8-34(19)36)21(25)16(17)9-20(35)29-10-15-5-1-2-6-18(15)33-14-28-13-32-33/h1-8,11,13-14H,9-10,12H2,(H2-,29,30,31,35,36)/p+1. The van der Waals surface area contributed by atoms with E-state index in [1.165, 1.54) is 24.8 Å². The summed E-state index contributed by atoms with van der Waals surface area (Å²) in [5, 5.41) is 18.5. The number of benzene rings is 1. The molecule has 0 atom stereocenters. The molecule has 36 heavy (non-hydrogen) atoms. The Labute approximate surface area is 208 Å². The molecule has 0 aliphatic rings. The van der Waals surface area contributed by atoms with E-state index in [1.54, 1.807) is 22.9 Å². The van der Waals surface area contributed by atoms with Crippen LogP contribution in [0.2, 0.25) is 5.02 Å². The van der Waals surface area contributed by atoms with Crippen molar-refractivity contribution < 1.29 is 27.9 Å². The lowest BCUT2D eigenvalue weighted by molar-refractivity contribution is -0.913. The molecule has 0 saturated carbocycles. The zero-order valence-electron chi connectivity index (χ0n) is 18.6. The van der Waals surface area contributed by atoms with Gasteiger partial charge in [-0.25, -0.2) is 19.0 Å². The van der Waals surface area contributed by atoms with E-state index in [4.69, 9.17) is 11.6 Å². The van der Waals surface area contributed by atoms with Crippen LogP contribution < -0.4 is 15.4 Å². The number of nitrogens with zero attached hydrogens (tertiary/aromatic N) is 5. The van der Waals surface area contributed by atoms with Crippen LogP contribution in [0.1, 0.15) is 16.8 Å². The molecule has 0 unspecified atom stereocenters. The van der Waals surface area contributed by atoms with Crippen LogP contribution in [0.15, 0.2) is 67.5 Å². The van der Waals surface area contributed by atoms with Gasteiger partial charge in [-0.3, -0.25) is 10.0 Å². The van der Waals surface area contributed by atoms with Crippen molar-refractivity contribution in [2.24, 2.45) is 0 Å². The lowest BCUT2D eigenvalue weighted by Gasteiger charge is -2.16. The van der Waals surface area contributed by atoms with Crippen molar-refractivity contribution in [3.8, 4) is 5.69 Å². The van der Waals surface area contributed by atoms with Gasteiger partial charge in [-0.05, 0) is 17.7 Å². The molecular weight excluding hydrogens is 499 g/mol. The molecule has 0 bridgehead atoms. The van der Waals surface area contributed by atoms with Crippen LogP contribution in [-0.4, -0.2) is 37.4 Å². The smallest absolute Gasteiger partial charge is 0.351 e. The Morgan fingerprint density at radius 2 is 1.97 bits per heavy atom. The van der Waals surface area contributed by atoms with Crippen LogP contribution in [0.3, 0.4) is 0 Å². The maximum absolute atomic E-state index is 15.1. The largest absolute Gasteiger partial charge is 0.361 e. The van der Waals surface area contributed by atoms with E-state index < -0.39 is 42.1 Å². The van der Waals surface area contributed by atoms with Gasteiger partial charge in [0.25, 0.3) is 0 Å². The number of pyridine rings is 2. The molecule has 0 aliphatic carbocycles. The molecular formula is C23H20ClF3N7O2+. The SMILES string of the molecule is O=C(Cc1c(Cl)cnc(NCC(F)(F)c2cccc[n+]2O)c1F)NCc1ccccc1-n1cncn1. The number of para-hydroxylation sites is 1. The second-order valence-electron chi connectivity index (χ2n) is 7.66. The molecule has 3 N–H and O–H groups in total.